The molecule has 0 saturated carbocycles. The third-order valence-electron chi connectivity index (χ3n) is 19.2. The molecule has 8 rings (SSSR count). The van der Waals surface area contributed by atoms with Crippen LogP contribution in [0.2, 0.25) is 0 Å². The van der Waals surface area contributed by atoms with Crippen molar-refractivity contribution in [3.05, 3.63) is 108 Å². The molecule has 0 aromatic heterocycles. The highest BCUT2D eigenvalue weighted by Gasteiger charge is 2.55. The van der Waals surface area contributed by atoms with Crippen LogP contribution in [0.3, 0.4) is 0 Å². The molecule has 0 spiro atoms. The molecule has 14 nitrogen and oxygen atoms in total. The predicted octanol–water partition coefficient (Wildman–Crippen LogP) is 12.3. The van der Waals surface area contributed by atoms with Gasteiger partial charge in [0, 0.05) is 30.6 Å². The van der Waals surface area contributed by atoms with Gasteiger partial charge in [0.1, 0.15) is 18.3 Å². The summed E-state index contributed by atoms with van der Waals surface area (Å²) >= 11 is 0. The second-order valence-electron chi connectivity index (χ2n) is 24.3. The minimum atomic E-state index is -1.03. The minimum absolute atomic E-state index is 0.0524. The first-order valence-electron chi connectivity index (χ1n) is 30.5. The molecule has 5 aliphatic rings. The molecular formula is C66H98O14. The van der Waals surface area contributed by atoms with Crippen molar-refractivity contribution in [3.8, 4) is 0 Å². The zero-order chi connectivity index (χ0) is 57.2. The lowest BCUT2D eigenvalue weighted by Gasteiger charge is -2.51. The monoisotopic (exact) mass is 1110 g/mol. The second-order valence-corrected chi connectivity index (χ2v) is 24.3. The zero-order valence-electron chi connectivity index (χ0n) is 50.5. The fourth-order valence-electron chi connectivity index (χ4n) is 12.9. The molecule has 3 aromatic carbocycles. The van der Waals surface area contributed by atoms with Gasteiger partial charge in [-0.1, -0.05) is 181 Å². The molecule has 5 fully saturated rings. The van der Waals surface area contributed by atoms with Gasteiger partial charge in [0.15, 0.2) is 37.6 Å². The first-order chi connectivity index (χ1) is 38.5. The van der Waals surface area contributed by atoms with E-state index >= 15 is 0 Å². The molecule has 3 aromatic rings. The lowest BCUT2D eigenvalue weighted by Crippen LogP contribution is -2.63. The lowest BCUT2D eigenvalue weighted by molar-refractivity contribution is -0.378. The van der Waals surface area contributed by atoms with Crippen molar-refractivity contribution in [3.63, 3.8) is 0 Å². The van der Waals surface area contributed by atoms with Crippen molar-refractivity contribution in [1.29, 1.82) is 0 Å². The molecule has 80 heavy (non-hydrogen) atoms. The number of hydrogen-bond donors (Lipinski definition) is 0. The Kier molecular flexibility index (Phi) is 23.1. The van der Waals surface area contributed by atoms with Gasteiger partial charge in [0.05, 0.1) is 69.7 Å². The average Bonchev–Trinajstić information content (AvgIpc) is 3.60. The highest BCUT2D eigenvalue weighted by molar-refractivity contribution is 5.66. The number of benzene rings is 3. The molecule has 0 radical (unpaired) electrons. The van der Waals surface area contributed by atoms with E-state index in [4.69, 9.17) is 61.6 Å². The number of carbonyl (C=O) groups excluding carboxylic acids is 1. The molecular weight excluding hydrogens is 1020 g/mol. The van der Waals surface area contributed by atoms with Crippen molar-refractivity contribution < 1.29 is 66.4 Å². The fraction of sp³-hybridized carbons (Fsp3) is 0.712. The van der Waals surface area contributed by atoms with Gasteiger partial charge in [-0.05, 0) is 71.5 Å². The first-order valence-corrected chi connectivity index (χ1v) is 30.5. The molecule has 14 heteroatoms. The van der Waals surface area contributed by atoms with E-state index in [2.05, 4.69) is 114 Å². The maximum atomic E-state index is 12.9. The molecule has 5 saturated heterocycles. The highest BCUT2D eigenvalue weighted by Crippen LogP contribution is 2.44. The van der Waals surface area contributed by atoms with Gasteiger partial charge in [-0.15, -0.1) is 0 Å². The molecule has 0 bridgehead atoms. The van der Waals surface area contributed by atoms with E-state index in [0.29, 0.717) is 25.0 Å². The first kappa shape index (κ1) is 62.7. The Balaban J connectivity index is 1.14. The van der Waals surface area contributed by atoms with E-state index in [-0.39, 0.29) is 85.5 Å². The SMILES string of the molecule is CCC1O[C@H](OCC2O[C@@H](O[C@@H]3C(COCc4ccccc4)O[C@@H](OCc4ccccc4)[C@@H](C)C3C)[C@H](OCc3ccccc3)C(O[C@@H]3OC(CC)[C@H](C)[C@@H](C)C3OC(C)=O)[C@@H]2C)[C@H](O[C@@H]2OC(CC)[C@@H](C)C(C)[C@@H]2C)C(C)[C@@H]1C. The standard InChI is InChI=1S/C66H98O14/c1-15-52-39(5)38(4)45(11)63(73-52)80-59-42(8)40(6)53(16-2)74-64(59)71-37-55-47(13)58(79-65-60(72-48(14)67)43(9)41(7)54(17-3)75-65)61(69-34-50-29-23-19-24-30-50)66(76-55)78-57-44(10)46(12)62(70-35-51-31-25-20-26-32-51)77-56(57)36-68-33-49-27-21-18-22-28-49/h18-32,38-47,52-66H,15-17,33-37H2,1-14H3/t38?,39-,40-,41+,42?,43+,44?,45-,46-,47+,52?,53?,54?,55?,56?,57-,58?,59+,60?,61+,62+,63-,64-,65-,66-/m0/s1. The Hall–Kier alpha value is -3.35. The number of ether oxygens (including phenoxy) is 13. The largest absolute Gasteiger partial charge is 0.457 e. The summed E-state index contributed by atoms with van der Waals surface area (Å²) < 4.78 is 90.4. The van der Waals surface area contributed by atoms with Gasteiger partial charge in [-0.25, -0.2) is 0 Å². The Morgan fingerprint density at radius 3 is 1.35 bits per heavy atom. The van der Waals surface area contributed by atoms with Crippen LogP contribution in [0, 0.1) is 59.2 Å². The summed E-state index contributed by atoms with van der Waals surface area (Å²) in [7, 11) is 0. The third kappa shape index (κ3) is 15.1. The van der Waals surface area contributed by atoms with Crippen molar-refractivity contribution in [1.82, 2.24) is 0 Å². The van der Waals surface area contributed by atoms with Gasteiger partial charge in [0.2, 0.25) is 0 Å². The van der Waals surface area contributed by atoms with Crippen molar-refractivity contribution in [2.24, 2.45) is 59.2 Å². The van der Waals surface area contributed by atoms with E-state index in [1.165, 1.54) is 6.92 Å². The number of hydrogen-bond acceptors (Lipinski definition) is 14. The van der Waals surface area contributed by atoms with Crippen LogP contribution in [0.5, 0.6) is 0 Å². The van der Waals surface area contributed by atoms with E-state index in [9.17, 15) is 4.79 Å². The maximum absolute atomic E-state index is 12.9. The van der Waals surface area contributed by atoms with Crippen molar-refractivity contribution in [2.45, 2.75) is 229 Å². The fourth-order valence-corrected chi connectivity index (χ4v) is 12.9. The van der Waals surface area contributed by atoms with Crippen LogP contribution in [-0.4, -0.2) is 112 Å². The zero-order valence-corrected chi connectivity index (χ0v) is 50.5. The second kappa shape index (κ2) is 29.4. The minimum Gasteiger partial charge on any atom is -0.457 e. The van der Waals surface area contributed by atoms with E-state index in [1.807, 2.05) is 66.7 Å². The summed E-state index contributed by atoms with van der Waals surface area (Å²) in [5, 5.41) is 0. The lowest BCUT2D eigenvalue weighted by atomic mass is 9.78. The summed E-state index contributed by atoms with van der Waals surface area (Å²) in [5.74, 6) is 0.269. The molecule has 446 valence electrons. The van der Waals surface area contributed by atoms with Crippen LogP contribution in [0.1, 0.15) is 133 Å². The summed E-state index contributed by atoms with van der Waals surface area (Å²) in [4.78, 5) is 12.9. The molecule has 25 atom stereocenters. The Morgan fingerprint density at radius 2 is 0.787 bits per heavy atom. The topological polar surface area (TPSA) is 137 Å². The van der Waals surface area contributed by atoms with Gasteiger partial charge in [-0.3, -0.25) is 4.79 Å². The maximum Gasteiger partial charge on any atom is 0.303 e. The molecule has 0 N–H and O–H groups in total. The normalized spacial score (nSPS) is 40.5. The third-order valence-corrected chi connectivity index (χ3v) is 19.2. The van der Waals surface area contributed by atoms with Gasteiger partial charge in [0.25, 0.3) is 0 Å². The number of carbonyl (C=O) groups is 1. The Labute approximate surface area is 479 Å². The van der Waals surface area contributed by atoms with Crippen LogP contribution < -0.4 is 0 Å². The predicted molar refractivity (Wildman–Crippen MR) is 304 cm³/mol. The summed E-state index contributed by atoms with van der Waals surface area (Å²) in [6.45, 7) is 31.2. The molecule has 0 amide bonds. The highest BCUT2D eigenvalue weighted by atomic mass is 16.8. The summed E-state index contributed by atoms with van der Waals surface area (Å²) in [6.07, 6.45) is -5.74. The van der Waals surface area contributed by atoms with Crippen LogP contribution in [0.15, 0.2) is 91.0 Å². The van der Waals surface area contributed by atoms with E-state index in [1.54, 1.807) is 0 Å². The van der Waals surface area contributed by atoms with Crippen LogP contribution >= 0.6 is 0 Å². The quantitative estimate of drug-likeness (QED) is 0.0833. The molecule has 0 aliphatic carbocycles. The number of esters is 1. The van der Waals surface area contributed by atoms with E-state index < -0.39 is 80.1 Å². The smallest absolute Gasteiger partial charge is 0.303 e. The van der Waals surface area contributed by atoms with Crippen LogP contribution in [0.25, 0.3) is 0 Å². The van der Waals surface area contributed by atoms with Crippen LogP contribution in [-0.2, 0) is 86.2 Å². The van der Waals surface area contributed by atoms with Crippen molar-refractivity contribution in [2.75, 3.05) is 13.2 Å². The van der Waals surface area contributed by atoms with Gasteiger partial charge in [-0.2, -0.15) is 0 Å². The number of rotatable bonds is 23. The summed E-state index contributed by atoms with van der Waals surface area (Å²) in [5.41, 5.74) is 3.07. The molecule has 10 unspecified atom stereocenters. The van der Waals surface area contributed by atoms with E-state index in [0.717, 1.165) is 36.0 Å². The molecule has 5 aliphatic heterocycles. The molecule has 5 heterocycles. The Morgan fingerprint density at radius 1 is 0.362 bits per heavy atom. The summed E-state index contributed by atoms with van der Waals surface area (Å²) in [6, 6.07) is 30.3. The van der Waals surface area contributed by atoms with Crippen LogP contribution in [0.4, 0.5) is 0 Å². The van der Waals surface area contributed by atoms with Crippen molar-refractivity contribution >= 4 is 5.97 Å². The van der Waals surface area contributed by atoms with Gasteiger partial charge >= 0.3 is 5.97 Å². The van der Waals surface area contributed by atoms with Gasteiger partial charge < -0.3 is 61.6 Å². The Bertz CT molecular complexity index is 2270. The average molecular weight is 1120 g/mol.